The summed E-state index contributed by atoms with van der Waals surface area (Å²) >= 11 is 0. The molecule has 0 spiro atoms. The molecule has 17 heavy (non-hydrogen) atoms. The maximum atomic E-state index is 9.46. The van der Waals surface area contributed by atoms with Gasteiger partial charge in [-0.1, -0.05) is 6.07 Å². The van der Waals surface area contributed by atoms with Gasteiger partial charge < -0.3 is 14.6 Å². The van der Waals surface area contributed by atoms with Crippen LogP contribution in [0.3, 0.4) is 0 Å². The van der Waals surface area contributed by atoms with E-state index in [-0.39, 0.29) is 0 Å². The number of rotatable bonds is 6. The molecule has 0 fully saturated rings. The van der Waals surface area contributed by atoms with Gasteiger partial charge in [0.25, 0.3) is 0 Å². The molecule has 0 aromatic heterocycles. The average molecular weight is 234 g/mol. The number of unbranched alkanes of at least 4 members (excludes halogenated alkanes) is 1. The first-order valence-corrected chi connectivity index (χ1v) is 5.61. The predicted molar refractivity (Wildman–Crippen MR) is 67.2 cm³/mol. The highest BCUT2D eigenvalue weighted by Crippen LogP contribution is 2.30. The van der Waals surface area contributed by atoms with Crippen molar-refractivity contribution in [2.75, 3.05) is 13.7 Å². The number of aliphatic hydroxyl groups is 1. The summed E-state index contributed by atoms with van der Waals surface area (Å²) in [5.41, 5.74) is 0.804. The van der Waals surface area contributed by atoms with Gasteiger partial charge >= 0.3 is 0 Å². The van der Waals surface area contributed by atoms with Gasteiger partial charge in [-0.05, 0) is 31.0 Å². The summed E-state index contributed by atoms with van der Waals surface area (Å²) in [6.45, 7) is 2.27. The molecule has 0 aliphatic heterocycles. The Morgan fingerprint density at radius 1 is 1.41 bits per heavy atom. The molecule has 1 atom stereocenters. The molecule has 1 N–H and O–H groups in total. The molecule has 0 saturated heterocycles. The Balaban J connectivity index is 2.69. The molecular formula is C14H18O3. The van der Waals surface area contributed by atoms with Crippen LogP contribution in [0.25, 0.3) is 0 Å². The summed E-state index contributed by atoms with van der Waals surface area (Å²) in [4.78, 5) is 0. The molecule has 1 rings (SSSR count). The van der Waals surface area contributed by atoms with E-state index in [9.17, 15) is 5.11 Å². The summed E-state index contributed by atoms with van der Waals surface area (Å²) in [5.74, 6) is 3.87. The first-order valence-electron chi connectivity index (χ1n) is 5.61. The highest BCUT2D eigenvalue weighted by atomic mass is 16.5. The van der Waals surface area contributed by atoms with Crippen LogP contribution >= 0.6 is 0 Å². The first-order chi connectivity index (χ1) is 8.19. The SMILES string of the molecule is C#CCCCOc1ccc(C(C)O)cc1OC. The van der Waals surface area contributed by atoms with Crippen LogP contribution in [-0.4, -0.2) is 18.8 Å². The topological polar surface area (TPSA) is 38.7 Å². The van der Waals surface area contributed by atoms with Gasteiger partial charge in [-0.25, -0.2) is 0 Å². The number of terminal acetylenes is 1. The largest absolute Gasteiger partial charge is 0.493 e. The highest BCUT2D eigenvalue weighted by Gasteiger charge is 2.08. The summed E-state index contributed by atoms with van der Waals surface area (Å²) in [7, 11) is 1.58. The predicted octanol–water partition coefficient (Wildman–Crippen LogP) is 2.54. The van der Waals surface area contributed by atoms with Gasteiger partial charge in [0.05, 0.1) is 19.8 Å². The number of hydrogen-bond donors (Lipinski definition) is 1. The van der Waals surface area contributed by atoms with E-state index < -0.39 is 6.10 Å². The lowest BCUT2D eigenvalue weighted by atomic mass is 10.1. The van der Waals surface area contributed by atoms with Crippen molar-refractivity contribution in [3.8, 4) is 23.8 Å². The van der Waals surface area contributed by atoms with Gasteiger partial charge in [0.2, 0.25) is 0 Å². The van der Waals surface area contributed by atoms with Crippen LogP contribution in [0.15, 0.2) is 18.2 Å². The minimum absolute atomic E-state index is 0.514. The maximum Gasteiger partial charge on any atom is 0.161 e. The highest BCUT2D eigenvalue weighted by molar-refractivity contribution is 5.43. The zero-order valence-corrected chi connectivity index (χ0v) is 10.3. The second-order valence-corrected chi connectivity index (χ2v) is 3.74. The quantitative estimate of drug-likeness (QED) is 0.607. The molecule has 0 bridgehead atoms. The lowest BCUT2D eigenvalue weighted by Crippen LogP contribution is -2.00. The van der Waals surface area contributed by atoms with Crippen LogP contribution < -0.4 is 9.47 Å². The lowest BCUT2D eigenvalue weighted by Gasteiger charge is -2.12. The monoisotopic (exact) mass is 234 g/mol. The molecule has 0 saturated carbocycles. The van der Waals surface area contributed by atoms with Crippen molar-refractivity contribution in [1.29, 1.82) is 0 Å². The van der Waals surface area contributed by atoms with Crippen molar-refractivity contribution in [2.24, 2.45) is 0 Å². The fourth-order valence-electron chi connectivity index (χ4n) is 1.42. The van der Waals surface area contributed by atoms with E-state index in [4.69, 9.17) is 15.9 Å². The van der Waals surface area contributed by atoms with Gasteiger partial charge in [0.1, 0.15) is 0 Å². The van der Waals surface area contributed by atoms with E-state index in [1.165, 1.54) is 0 Å². The zero-order chi connectivity index (χ0) is 12.7. The van der Waals surface area contributed by atoms with E-state index in [0.29, 0.717) is 24.5 Å². The summed E-state index contributed by atoms with van der Waals surface area (Å²) in [5, 5.41) is 9.46. The summed E-state index contributed by atoms with van der Waals surface area (Å²) in [6.07, 6.45) is 6.16. The third kappa shape index (κ3) is 4.01. The fraction of sp³-hybridized carbons (Fsp3) is 0.429. The fourth-order valence-corrected chi connectivity index (χ4v) is 1.42. The number of benzene rings is 1. The van der Waals surface area contributed by atoms with Gasteiger partial charge in [-0.15, -0.1) is 12.3 Å². The molecule has 0 aliphatic rings. The molecule has 0 radical (unpaired) electrons. The molecule has 0 amide bonds. The summed E-state index contributed by atoms with van der Waals surface area (Å²) in [6, 6.07) is 5.40. The molecule has 0 heterocycles. The number of hydrogen-bond acceptors (Lipinski definition) is 3. The van der Waals surface area contributed by atoms with E-state index in [2.05, 4.69) is 5.92 Å². The van der Waals surface area contributed by atoms with E-state index >= 15 is 0 Å². The normalized spacial score (nSPS) is 11.6. The Morgan fingerprint density at radius 3 is 2.76 bits per heavy atom. The van der Waals surface area contributed by atoms with Gasteiger partial charge in [-0.3, -0.25) is 0 Å². The number of ether oxygens (including phenoxy) is 2. The maximum absolute atomic E-state index is 9.46. The molecule has 92 valence electrons. The lowest BCUT2D eigenvalue weighted by molar-refractivity contribution is 0.198. The molecule has 1 aromatic rings. The molecular weight excluding hydrogens is 216 g/mol. The minimum Gasteiger partial charge on any atom is -0.493 e. The molecule has 0 aliphatic carbocycles. The van der Waals surface area contributed by atoms with Crippen molar-refractivity contribution < 1.29 is 14.6 Å². The van der Waals surface area contributed by atoms with Crippen molar-refractivity contribution in [1.82, 2.24) is 0 Å². The van der Waals surface area contributed by atoms with Crippen LogP contribution in [0.1, 0.15) is 31.4 Å². The second-order valence-electron chi connectivity index (χ2n) is 3.74. The Hall–Kier alpha value is -1.66. The van der Waals surface area contributed by atoms with Crippen LogP contribution in [0.2, 0.25) is 0 Å². The van der Waals surface area contributed by atoms with E-state index in [1.807, 2.05) is 6.07 Å². The third-order valence-corrected chi connectivity index (χ3v) is 2.39. The second kappa shape index (κ2) is 6.82. The Labute approximate surface area is 102 Å². The van der Waals surface area contributed by atoms with Gasteiger partial charge in [0.15, 0.2) is 11.5 Å². The van der Waals surface area contributed by atoms with Crippen LogP contribution in [-0.2, 0) is 0 Å². The van der Waals surface area contributed by atoms with Crippen molar-refractivity contribution in [3.63, 3.8) is 0 Å². The Bertz CT molecular complexity index is 391. The number of methoxy groups -OCH3 is 1. The van der Waals surface area contributed by atoms with E-state index in [0.717, 1.165) is 12.0 Å². The first kappa shape index (κ1) is 13.4. The molecule has 1 aromatic carbocycles. The molecule has 3 heteroatoms. The average Bonchev–Trinajstić information content (AvgIpc) is 2.34. The Kier molecular flexibility index (Phi) is 5.38. The van der Waals surface area contributed by atoms with Crippen LogP contribution in [0.4, 0.5) is 0 Å². The third-order valence-electron chi connectivity index (χ3n) is 2.39. The molecule has 3 nitrogen and oxygen atoms in total. The van der Waals surface area contributed by atoms with Crippen LogP contribution in [0, 0.1) is 12.3 Å². The van der Waals surface area contributed by atoms with Crippen molar-refractivity contribution in [2.45, 2.75) is 25.9 Å². The minimum atomic E-state index is -0.514. The number of aliphatic hydroxyl groups excluding tert-OH is 1. The van der Waals surface area contributed by atoms with Crippen molar-refractivity contribution in [3.05, 3.63) is 23.8 Å². The van der Waals surface area contributed by atoms with Gasteiger partial charge in [-0.2, -0.15) is 0 Å². The van der Waals surface area contributed by atoms with E-state index in [1.54, 1.807) is 26.2 Å². The summed E-state index contributed by atoms with van der Waals surface area (Å²) < 4.78 is 10.8. The van der Waals surface area contributed by atoms with Crippen molar-refractivity contribution >= 4 is 0 Å². The Morgan fingerprint density at radius 2 is 2.18 bits per heavy atom. The zero-order valence-electron chi connectivity index (χ0n) is 10.3. The van der Waals surface area contributed by atoms with Gasteiger partial charge in [0, 0.05) is 6.42 Å². The van der Waals surface area contributed by atoms with Crippen LogP contribution in [0.5, 0.6) is 11.5 Å². The smallest absolute Gasteiger partial charge is 0.161 e. The molecule has 1 unspecified atom stereocenters. The standard InChI is InChI=1S/C14H18O3/c1-4-5-6-9-17-13-8-7-12(11(2)15)10-14(13)16-3/h1,7-8,10-11,15H,5-6,9H2,2-3H3.